The van der Waals surface area contributed by atoms with Gasteiger partial charge in [-0.15, -0.1) is 20.4 Å². The zero-order valence-electron chi connectivity index (χ0n) is 25.0. The first-order valence-corrected chi connectivity index (χ1v) is 15.1. The topological polar surface area (TPSA) is 61.4 Å². The van der Waals surface area contributed by atoms with E-state index >= 15 is 0 Å². The highest BCUT2D eigenvalue weighted by Crippen LogP contribution is 2.29. The molecule has 0 aliphatic carbocycles. The van der Waals surface area contributed by atoms with Crippen molar-refractivity contribution in [3.05, 3.63) is 182 Å². The van der Waals surface area contributed by atoms with Gasteiger partial charge in [-0.1, -0.05) is 158 Å². The Kier molecular flexibility index (Phi) is 8.32. The van der Waals surface area contributed by atoms with Gasteiger partial charge in [0, 0.05) is 33.6 Å². The predicted molar refractivity (Wildman–Crippen MR) is 184 cm³/mol. The lowest BCUT2D eigenvalue weighted by molar-refractivity contribution is 1.07. The third kappa shape index (κ3) is 6.00. The largest absolute Gasteiger partial charge is 0.275 e. The molecule has 6 heteroatoms. The van der Waals surface area contributed by atoms with E-state index in [9.17, 15) is 0 Å². The normalized spacial score (nSPS) is 10.6. The van der Waals surface area contributed by atoms with Crippen molar-refractivity contribution in [2.24, 2.45) is 0 Å². The highest BCUT2D eigenvalue weighted by molar-refractivity contribution is 5.68. The molecular weight excluding hydrogens is 564 g/mol. The summed E-state index contributed by atoms with van der Waals surface area (Å²) >= 11 is 0. The lowest BCUT2D eigenvalue weighted by atomic mass is 10.1. The molecule has 0 saturated heterocycles. The molecule has 6 aromatic carbocycles. The van der Waals surface area contributed by atoms with Gasteiger partial charge in [0.2, 0.25) is 0 Å². The van der Waals surface area contributed by atoms with Gasteiger partial charge in [0.1, 0.15) is 0 Å². The molecule has 2 aromatic heterocycles. The molecule has 0 N–H and O–H groups in total. The van der Waals surface area contributed by atoms with Crippen LogP contribution in [-0.2, 0) is 0 Å². The van der Waals surface area contributed by atoms with Crippen LogP contribution < -0.4 is 0 Å². The number of rotatable bonds is 6. The van der Waals surface area contributed by atoms with E-state index in [2.05, 4.69) is 102 Å². The van der Waals surface area contributed by atoms with Gasteiger partial charge in [0.25, 0.3) is 0 Å². The monoisotopic (exact) mass is 594 g/mol. The van der Waals surface area contributed by atoms with Gasteiger partial charge in [0.05, 0.1) is 0 Å². The second kappa shape index (κ2) is 13.5. The fourth-order valence-corrected chi connectivity index (χ4v) is 5.31. The first-order chi connectivity index (χ1) is 22.9. The van der Waals surface area contributed by atoms with E-state index in [4.69, 9.17) is 0 Å². The van der Waals surface area contributed by atoms with E-state index in [1.807, 2.05) is 109 Å². The highest BCUT2D eigenvalue weighted by atomic mass is 15.3. The minimum atomic E-state index is 0.843. The second-order valence-corrected chi connectivity index (χ2v) is 10.5. The Morgan fingerprint density at radius 1 is 0.239 bits per heavy atom. The molecule has 0 fully saturated rings. The quantitative estimate of drug-likeness (QED) is 0.193. The molecule has 8 rings (SSSR count). The fraction of sp³-hybridized carbons (Fsp3) is 0. The predicted octanol–water partition coefficient (Wildman–Crippen LogP) is 9.20. The molecule has 0 bridgehead atoms. The van der Waals surface area contributed by atoms with Crippen LogP contribution in [0.4, 0.5) is 0 Å². The lowest BCUT2D eigenvalue weighted by Gasteiger charge is -2.10. The van der Waals surface area contributed by atoms with Crippen LogP contribution in [0.2, 0.25) is 0 Å². The Balaban J connectivity index is 0.000000147. The maximum absolute atomic E-state index is 4.45. The fourth-order valence-electron chi connectivity index (χ4n) is 5.31. The minimum Gasteiger partial charge on any atom is -0.275 e. The smallest absolute Gasteiger partial charge is 0.168 e. The van der Waals surface area contributed by atoms with Crippen molar-refractivity contribution in [1.29, 1.82) is 0 Å². The van der Waals surface area contributed by atoms with Crippen LogP contribution in [0.25, 0.3) is 56.9 Å². The highest BCUT2D eigenvalue weighted by Gasteiger charge is 2.17. The molecule has 0 aliphatic heterocycles. The summed E-state index contributed by atoms with van der Waals surface area (Å²) in [5, 5.41) is 17.8. The summed E-state index contributed by atoms with van der Waals surface area (Å²) in [5.41, 5.74) is 6.29. The van der Waals surface area contributed by atoms with Gasteiger partial charge in [-0.2, -0.15) is 0 Å². The molecule has 0 amide bonds. The molecule has 6 nitrogen and oxygen atoms in total. The average Bonchev–Trinajstić information content (AvgIpc) is 3.80. The molecule has 0 atom stereocenters. The summed E-state index contributed by atoms with van der Waals surface area (Å²) in [5.74, 6) is 3.37. The van der Waals surface area contributed by atoms with E-state index < -0.39 is 0 Å². The summed E-state index contributed by atoms with van der Waals surface area (Å²) < 4.78 is 4.20. The molecular formula is C40H30N6. The summed E-state index contributed by atoms with van der Waals surface area (Å²) in [6, 6.07) is 61.0. The first kappa shape index (κ1) is 28.4. The van der Waals surface area contributed by atoms with E-state index in [1.165, 1.54) is 0 Å². The number of nitrogens with zero attached hydrogens (tertiary/aromatic N) is 6. The summed E-state index contributed by atoms with van der Waals surface area (Å²) in [6.45, 7) is 0. The van der Waals surface area contributed by atoms with Crippen LogP contribution in [0.5, 0.6) is 0 Å². The summed E-state index contributed by atoms with van der Waals surface area (Å²) in [6.07, 6.45) is 0. The Hall–Kier alpha value is -6.40. The van der Waals surface area contributed by atoms with Crippen molar-refractivity contribution < 1.29 is 0 Å². The number of benzene rings is 6. The molecule has 0 unspecified atom stereocenters. The van der Waals surface area contributed by atoms with Gasteiger partial charge in [0.15, 0.2) is 23.3 Å². The van der Waals surface area contributed by atoms with Crippen LogP contribution in [0, 0.1) is 0 Å². The van der Waals surface area contributed by atoms with Crippen molar-refractivity contribution in [3.8, 4) is 56.9 Å². The van der Waals surface area contributed by atoms with E-state index in [0.717, 1.165) is 56.9 Å². The lowest BCUT2D eigenvalue weighted by Crippen LogP contribution is -2.00. The Labute approximate surface area is 267 Å². The maximum atomic E-state index is 4.45. The van der Waals surface area contributed by atoms with Crippen molar-refractivity contribution in [2.45, 2.75) is 0 Å². The van der Waals surface area contributed by atoms with Crippen LogP contribution in [0.1, 0.15) is 0 Å². The molecule has 0 spiro atoms. The Morgan fingerprint density at radius 2 is 0.435 bits per heavy atom. The van der Waals surface area contributed by atoms with Gasteiger partial charge in [-0.3, -0.25) is 9.13 Å². The molecule has 8 aromatic rings. The minimum absolute atomic E-state index is 0.843. The van der Waals surface area contributed by atoms with Crippen molar-refractivity contribution in [1.82, 2.24) is 29.5 Å². The molecule has 0 radical (unpaired) electrons. The Morgan fingerprint density at radius 3 is 0.652 bits per heavy atom. The van der Waals surface area contributed by atoms with Crippen LogP contribution >= 0.6 is 0 Å². The summed E-state index contributed by atoms with van der Waals surface area (Å²) in [7, 11) is 0. The van der Waals surface area contributed by atoms with Crippen molar-refractivity contribution >= 4 is 0 Å². The third-order valence-electron chi connectivity index (χ3n) is 7.48. The third-order valence-corrected chi connectivity index (χ3v) is 7.48. The molecule has 2 heterocycles. The second-order valence-electron chi connectivity index (χ2n) is 10.5. The molecule has 0 aliphatic rings. The van der Waals surface area contributed by atoms with Gasteiger partial charge in [-0.05, 0) is 24.3 Å². The zero-order valence-corrected chi connectivity index (χ0v) is 25.0. The average molecular weight is 595 g/mol. The molecule has 0 saturated carbocycles. The zero-order chi connectivity index (χ0) is 31.0. The van der Waals surface area contributed by atoms with E-state index in [0.29, 0.717) is 0 Å². The van der Waals surface area contributed by atoms with E-state index in [1.54, 1.807) is 0 Å². The number of aromatic nitrogens is 6. The molecule has 220 valence electrons. The number of para-hydroxylation sites is 2. The van der Waals surface area contributed by atoms with Gasteiger partial charge in [-0.25, -0.2) is 0 Å². The van der Waals surface area contributed by atoms with Crippen LogP contribution in [0.15, 0.2) is 182 Å². The maximum Gasteiger partial charge on any atom is 0.168 e. The SMILES string of the molecule is c1ccc(-c2nnc(-c3ccccc3)n2-c2ccccc2)cc1.c1ccc(-c2nnc(-c3ccccc3)n2-c2ccccc2)cc1. The van der Waals surface area contributed by atoms with Crippen molar-refractivity contribution in [2.75, 3.05) is 0 Å². The van der Waals surface area contributed by atoms with Crippen molar-refractivity contribution in [3.63, 3.8) is 0 Å². The number of hydrogen-bond acceptors (Lipinski definition) is 4. The number of hydrogen-bond donors (Lipinski definition) is 0. The van der Waals surface area contributed by atoms with E-state index in [-0.39, 0.29) is 0 Å². The van der Waals surface area contributed by atoms with Crippen LogP contribution in [-0.4, -0.2) is 29.5 Å². The van der Waals surface area contributed by atoms with Gasteiger partial charge < -0.3 is 0 Å². The van der Waals surface area contributed by atoms with Gasteiger partial charge >= 0.3 is 0 Å². The Bertz CT molecular complexity index is 1840. The first-order valence-electron chi connectivity index (χ1n) is 15.1. The standard InChI is InChI=1S/2C20H15N3/c2*1-4-10-16(11-5-1)19-21-22-20(17-12-6-2-7-13-17)23(19)18-14-8-3-9-15-18/h2*1-15H. The van der Waals surface area contributed by atoms with Crippen LogP contribution in [0.3, 0.4) is 0 Å². The summed E-state index contributed by atoms with van der Waals surface area (Å²) in [4.78, 5) is 0. The molecule has 46 heavy (non-hydrogen) atoms.